The summed E-state index contributed by atoms with van der Waals surface area (Å²) in [6, 6.07) is 2.95. The molecule has 0 spiro atoms. The van der Waals surface area contributed by atoms with Crippen LogP contribution in [0.5, 0.6) is 0 Å². The summed E-state index contributed by atoms with van der Waals surface area (Å²) >= 11 is 0. The summed E-state index contributed by atoms with van der Waals surface area (Å²) in [6.07, 6.45) is -1.09. The highest BCUT2D eigenvalue weighted by atomic mass is 19.3. The van der Waals surface area contributed by atoms with Crippen molar-refractivity contribution in [3.05, 3.63) is 24.0 Å². The summed E-state index contributed by atoms with van der Waals surface area (Å²) in [6.45, 7) is -0.432. The van der Waals surface area contributed by atoms with E-state index in [0.29, 0.717) is 0 Å². The third kappa shape index (κ3) is 4.15. The van der Waals surface area contributed by atoms with Crippen LogP contribution in [0.1, 0.15) is 16.9 Å². The van der Waals surface area contributed by atoms with Gasteiger partial charge in [0.05, 0.1) is 20.1 Å². The molecule has 0 aliphatic rings. The third-order valence-electron chi connectivity index (χ3n) is 2.24. The van der Waals surface area contributed by atoms with Crippen LogP contribution in [-0.4, -0.2) is 36.5 Å². The molecule has 1 amide bonds. The quantitative estimate of drug-likeness (QED) is 0.778. The maximum absolute atomic E-state index is 12.2. The first kappa shape index (κ1) is 14.1. The molecule has 0 atom stereocenters. The lowest BCUT2D eigenvalue weighted by Crippen LogP contribution is -2.28. The van der Waals surface area contributed by atoms with Crippen molar-refractivity contribution in [2.45, 2.75) is 19.4 Å². The molecule has 1 N–H and O–H groups in total. The number of aromatic nitrogens is 1. The van der Waals surface area contributed by atoms with Crippen molar-refractivity contribution in [1.29, 1.82) is 0 Å². The van der Waals surface area contributed by atoms with Gasteiger partial charge in [-0.15, -0.1) is 0 Å². The van der Waals surface area contributed by atoms with Gasteiger partial charge in [-0.05, 0) is 12.1 Å². The number of methoxy groups -OCH3 is 1. The predicted octanol–water partition coefficient (Wildman–Crippen LogP) is 1.05. The largest absolute Gasteiger partial charge is 0.469 e. The minimum Gasteiger partial charge on any atom is -0.469 e. The highest BCUT2D eigenvalue weighted by molar-refractivity contribution is 5.92. The summed E-state index contributed by atoms with van der Waals surface area (Å²) in [7, 11) is 1.25. The second-order valence-electron chi connectivity index (χ2n) is 3.52. The summed E-state index contributed by atoms with van der Waals surface area (Å²) in [5.41, 5.74) is 0.139. The molecule has 1 aromatic heterocycles. The molecule has 1 heterocycles. The minimum absolute atomic E-state index is 0.0395. The van der Waals surface area contributed by atoms with E-state index in [-0.39, 0.29) is 18.7 Å². The molecule has 18 heavy (non-hydrogen) atoms. The van der Waals surface area contributed by atoms with Crippen molar-refractivity contribution in [1.82, 2.24) is 9.88 Å². The molecular formula is C11H14F2N2O3. The number of carbonyl (C=O) groups excluding carboxylic acids is 2. The predicted molar refractivity (Wildman–Crippen MR) is 59.4 cm³/mol. The van der Waals surface area contributed by atoms with Crippen LogP contribution in [0.15, 0.2) is 18.3 Å². The van der Waals surface area contributed by atoms with E-state index in [1.807, 2.05) is 0 Å². The van der Waals surface area contributed by atoms with Crippen molar-refractivity contribution in [2.75, 3.05) is 13.7 Å². The summed E-state index contributed by atoms with van der Waals surface area (Å²) in [5, 5.41) is 2.46. The van der Waals surface area contributed by atoms with E-state index >= 15 is 0 Å². The van der Waals surface area contributed by atoms with Crippen LogP contribution in [0, 0.1) is 0 Å². The SMILES string of the molecule is COC(=O)CCNC(=O)c1cccn1CC(F)F. The maximum Gasteiger partial charge on any atom is 0.307 e. The lowest BCUT2D eigenvalue weighted by atomic mass is 10.3. The Hall–Kier alpha value is -1.92. The van der Waals surface area contributed by atoms with Gasteiger partial charge in [-0.25, -0.2) is 8.78 Å². The molecule has 5 nitrogen and oxygen atoms in total. The van der Waals surface area contributed by atoms with Gasteiger partial charge in [0, 0.05) is 12.7 Å². The molecule has 0 fully saturated rings. The Labute approximate surface area is 103 Å². The number of alkyl halides is 2. The third-order valence-corrected chi connectivity index (χ3v) is 2.24. The molecule has 1 aromatic rings. The lowest BCUT2D eigenvalue weighted by Gasteiger charge is -2.08. The van der Waals surface area contributed by atoms with Crippen LogP contribution in [0.2, 0.25) is 0 Å². The molecular weight excluding hydrogens is 246 g/mol. The van der Waals surface area contributed by atoms with Crippen LogP contribution in [0.3, 0.4) is 0 Å². The second-order valence-corrected chi connectivity index (χ2v) is 3.52. The first-order valence-electron chi connectivity index (χ1n) is 5.33. The molecule has 0 bridgehead atoms. The zero-order valence-electron chi connectivity index (χ0n) is 9.86. The number of ether oxygens (including phenoxy) is 1. The number of hydrogen-bond donors (Lipinski definition) is 1. The number of halogens is 2. The second kappa shape index (κ2) is 6.73. The number of carbonyl (C=O) groups is 2. The number of rotatable bonds is 6. The van der Waals surface area contributed by atoms with Crippen LogP contribution in [0.25, 0.3) is 0 Å². The fraction of sp³-hybridized carbons (Fsp3) is 0.455. The van der Waals surface area contributed by atoms with Crippen molar-refractivity contribution < 1.29 is 23.1 Å². The Bertz CT molecular complexity index is 418. The molecule has 0 aliphatic heterocycles. The smallest absolute Gasteiger partial charge is 0.307 e. The first-order valence-corrected chi connectivity index (χ1v) is 5.33. The molecule has 0 aliphatic carbocycles. The molecule has 1 rings (SSSR count). The Morgan fingerprint density at radius 2 is 2.22 bits per heavy atom. The van der Waals surface area contributed by atoms with Gasteiger partial charge in [0.2, 0.25) is 0 Å². The molecule has 0 saturated carbocycles. The van der Waals surface area contributed by atoms with E-state index < -0.39 is 24.8 Å². The number of nitrogens with zero attached hydrogens (tertiary/aromatic N) is 1. The zero-order valence-corrected chi connectivity index (χ0v) is 9.86. The average molecular weight is 260 g/mol. The Kier molecular flexibility index (Phi) is 5.29. The molecule has 0 saturated heterocycles. The molecule has 7 heteroatoms. The summed E-state index contributed by atoms with van der Waals surface area (Å²) in [5.74, 6) is -0.942. The van der Waals surface area contributed by atoms with Crippen LogP contribution in [0.4, 0.5) is 8.78 Å². The van der Waals surface area contributed by atoms with Gasteiger partial charge in [-0.1, -0.05) is 0 Å². The molecule has 100 valence electrons. The Morgan fingerprint density at radius 1 is 1.50 bits per heavy atom. The highest BCUT2D eigenvalue weighted by Crippen LogP contribution is 2.06. The zero-order chi connectivity index (χ0) is 13.5. The number of esters is 1. The van der Waals surface area contributed by atoms with Crippen molar-refractivity contribution in [2.24, 2.45) is 0 Å². The van der Waals surface area contributed by atoms with Gasteiger partial charge in [-0.2, -0.15) is 0 Å². The van der Waals surface area contributed by atoms with E-state index in [2.05, 4.69) is 10.1 Å². The molecule has 0 aromatic carbocycles. The summed E-state index contributed by atoms with van der Waals surface area (Å²) in [4.78, 5) is 22.5. The molecule has 0 radical (unpaired) electrons. The van der Waals surface area contributed by atoms with E-state index in [1.165, 1.54) is 25.4 Å². The van der Waals surface area contributed by atoms with Crippen LogP contribution in [-0.2, 0) is 16.1 Å². The van der Waals surface area contributed by atoms with Gasteiger partial charge in [-0.3, -0.25) is 9.59 Å². The molecule has 0 unspecified atom stereocenters. The fourth-order valence-corrected chi connectivity index (χ4v) is 1.40. The number of nitrogens with one attached hydrogen (secondary N) is 1. The van der Waals surface area contributed by atoms with Gasteiger partial charge in [0.1, 0.15) is 5.69 Å². The van der Waals surface area contributed by atoms with Gasteiger partial charge < -0.3 is 14.6 Å². The topological polar surface area (TPSA) is 60.3 Å². The van der Waals surface area contributed by atoms with E-state index in [4.69, 9.17) is 0 Å². The monoisotopic (exact) mass is 260 g/mol. The van der Waals surface area contributed by atoms with E-state index in [0.717, 1.165) is 4.57 Å². The minimum atomic E-state index is -2.53. The number of amides is 1. The Balaban J connectivity index is 2.51. The van der Waals surface area contributed by atoms with Crippen molar-refractivity contribution >= 4 is 11.9 Å². The Morgan fingerprint density at radius 3 is 2.83 bits per heavy atom. The standard InChI is InChI=1S/C11H14F2N2O3/c1-18-10(16)4-5-14-11(17)8-3-2-6-15(8)7-9(12)13/h2-3,6,9H,4-5,7H2,1H3,(H,14,17). The van der Waals surface area contributed by atoms with Crippen LogP contribution >= 0.6 is 0 Å². The van der Waals surface area contributed by atoms with Gasteiger partial charge in [0.25, 0.3) is 12.3 Å². The summed E-state index contributed by atoms with van der Waals surface area (Å²) < 4.78 is 30.0. The fourth-order valence-electron chi connectivity index (χ4n) is 1.40. The first-order chi connectivity index (χ1) is 8.54. The van der Waals surface area contributed by atoms with Crippen molar-refractivity contribution in [3.8, 4) is 0 Å². The van der Waals surface area contributed by atoms with Gasteiger partial charge >= 0.3 is 5.97 Å². The average Bonchev–Trinajstić information content (AvgIpc) is 2.75. The van der Waals surface area contributed by atoms with E-state index in [1.54, 1.807) is 0 Å². The lowest BCUT2D eigenvalue weighted by molar-refractivity contribution is -0.140. The number of hydrogen-bond acceptors (Lipinski definition) is 3. The van der Waals surface area contributed by atoms with E-state index in [9.17, 15) is 18.4 Å². The van der Waals surface area contributed by atoms with Gasteiger partial charge in [0.15, 0.2) is 0 Å². The van der Waals surface area contributed by atoms with Crippen LogP contribution < -0.4 is 5.32 Å². The highest BCUT2D eigenvalue weighted by Gasteiger charge is 2.13. The maximum atomic E-state index is 12.2. The normalized spacial score (nSPS) is 10.4. The van der Waals surface area contributed by atoms with Crippen molar-refractivity contribution in [3.63, 3.8) is 0 Å².